The number of hydrogen-bond acceptors (Lipinski definition) is 12. The highest BCUT2D eigenvalue weighted by Gasteiger charge is 2.27. The van der Waals surface area contributed by atoms with E-state index in [-0.39, 0.29) is 29.5 Å². The zero-order valence-corrected chi connectivity index (χ0v) is 25.7. The van der Waals surface area contributed by atoms with Crippen molar-refractivity contribution in [2.45, 2.75) is 44.2 Å². The van der Waals surface area contributed by atoms with Gasteiger partial charge in [0.15, 0.2) is 11.2 Å². The number of carbonyl (C=O) groups excluding carboxylic acids is 1. The molecule has 1 amide bonds. The molecule has 0 radical (unpaired) electrons. The van der Waals surface area contributed by atoms with Gasteiger partial charge in [-0.1, -0.05) is 25.0 Å². The number of ether oxygens (including phenoxy) is 1. The summed E-state index contributed by atoms with van der Waals surface area (Å²) in [5, 5.41) is 21.0. The molecule has 6 aromatic rings. The Morgan fingerprint density at radius 3 is 2.85 bits per heavy atom. The normalized spacial score (nSPS) is 18.9. The van der Waals surface area contributed by atoms with Gasteiger partial charge in [0, 0.05) is 48.6 Å². The molecule has 0 spiro atoms. The lowest BCUT2D eigenvalue weighted by Gasteiger charge is -2.30. The second-order valence-electron chi connectivity index (χ2n) is 11.8. The maximum absolute atomic E-state index is 13.1. The third-order valence-corrected chi connectivity index (χ3v) is 10.2. The van der Waals surface area contributed by atoms with E-state index in [1.54, 1.807) is 22.9 Å². The first kappa shape index (κ1) is 28.6. The van der Waals surface area contributed by atoms with Crippen molar-refractivity contribution in [1.29, 1.82) is 0 Å². The van der Waals surface area contributed by atoms with Crippen molar-refractivity contribution >= 4 is 55.0 Å². The summed E-state index contributed by atoms with van der Waals surface area (Å²) in [6.07, 6.45) is 9.19. The quantitative estimate of drug-likeness (QED) is 0.200. The number of aromatic amines is 1. The van der Waals surface area contributed by atoms with E-state index >= 15 is 0 Å². The summed E-state index contributed by atoms with van der Waals surface area (Å²) >= 11 is 1.53. The van der Waals surface area contributed by atoms with Crippen LogP contribution in [0.5, 0.6) is 0 Å². The molecule has 8 rings (SSSR count). The van der Waals surface area contributed by atoms with E-state index < -0.39 is 5.91 Å². The Balaban J connectivity index is 1.20. The highest BCUT2D eigenvalue weighted by Crippen LogP contribution is 2.39. The largest absolute Gasteiger partial charge is 0.459 e. The monoisotopic (exact) mass is 640 g/mol. The van der Waals surface area contributed by atoms with Crippen molar-refractivity contribution in [3.63, 3.8) is 0 Å². The summed E-state index contributed by atoms with van der Waals surface area (Å²) in [6.45, 7) is 2.69. The van der Waals surface area contributed by atoms with Gasteiger partial charge in [-0.15, -0.1) is 21.5 Å². The van der Waals surface area contributed by atoms with Gasteiger partial charge in [0.2, 0.25) is 11.4 Å². The standard InChI is InChI=1S/C31H32N10O4S/c32-20-3-1-2-4-21(20)36-31-37-22(25(29(33)43)30-39-35-15-41(30)31)11-16-5-6-17(18-13-34-38-26(16)18)19-14-45-27-23(42)12-24(46-28(19)27)40-7-9-44-10-8-40/h5-6,12-15,20-21H,1-4,7-11,32H2,(H2,33,43)(H,34,38)(H,36,37)/t20-,21+/m1/s1. The summed E-state index contributed by atoms with van der Waals surface area (Å²) in [7, 11) is 0. The first-order valence-corrected chi connectivity index (χ1v) is 16.2. The van der Waals surface area contributed by atoms with Crippen LogP contribution in [0.1, 0.15) is 47.3 Å². The van der Waals surface area contributed by atoms with Crippen molar-refractivity contribution in [2.24, 2.45) is 11.5 Å². The average Bonchev–Trinajstić information content (AvgIpc) is 3.83. The minimum absolute atomic E-state index is 0.0129. The van der Waals surface area contributed by atoms with Crippen molar-refractivity contribution < 1.29 is 13.9 Å². The zero-order chi connectivity index (χ0) is 31.4. The molecule has 15 heteroatoms. The van der Waals surface area contributed by atoms with Crippen LogP contribution in [0, 0.1) is 0 Å². The van der Waals surface area contributed by atoms with E-state index in [2.05, 4.69) is 30.6 Å². The van der Waals surface area contributed by atoms with Gasteiger partial charge in [-0.2, -0.15) is 5.10 Å². The molecule has 1 aliphatic heterocycles. The van der Waals surface area contributed by atoms with Gasteiger partial charge < -0.3 is 30.8 Å². The molecule has 0 unspecified atom stereocenters. The van der Waals surface area contributed by atoms with Gasteiger partial charge in [-0.05, 0) is 24.0 Å². The number of hydrogen-bond donors (Lipinski definition) is 4. The molecule has 1 saturated heterocycles. The lowest BCUT2D eigenvalue weighted by molar-refractivity contribution is 0.1000. The van der Waals surface area contributed by atoms with Gasteiger partial charge in [0.1, 0.15) is 18.2 Å². The summed E-state index contributed by atoms with van der Waals surface area (Å²) in [5.74, 6) is -0.134. The number of primary amides is 1. The summed E-state index contributed by atoms with van der Waals surface area (Å²) < 4.78 is 13.7. The topological polar surface area (TPSA) is 196 Å². The number of fused-ring (bicyclic) bond motifs is 3. The fourth-order valence-corrected chi connectivity index (χ4v) is 7.82. The van der Waals surface area contributed by atoms with Crippen molar-refractivity contribution in [3.8, 4) is 11.1 Å². The third kappa shape index (κ3) is 4.87. The lowest BCUT2D eigenvalue weighted by Crippen LogP contribution is -2.43. The molecule has 1 aromatic carbocycles. The Labute approximate surface area is 265 Å². The Hall–Kier alpha value is -4.86. The second kappa shape index (κ2) is 11.5. The number of amides is 1. The summed E-state index contributed by atoms with van der Waals surface area (Å²) in [5.41, 5.74) is 16.8. The van der Waals surface area contributed by atoms with E-state index in [1.807, 2.05) is 12.1 Å². The molecule has 6 heterocycles. The van der Waals surface area contributed by atoms with Gasteiger partial charge in [-0.25, -0.2) is 4.98 Å². The van der Waals surface area contributed by atoms with Crippen LogP contribution in [0.3, 0.4) is 0 Å². The number of furan rings is 1. The number of H-pyrrole nitrogens is 1. The molecule has 2 fully saturated rings. The molecule has 1 saturated carbocycles. The molecule has 14 nitrogen and oxygen atoms in total. The number of nitrogens with two attached hydrogens (primary N) is 2. The van der Waals surface area contributed by atoms with E-state index in [9.17, 15) is 9.59 Å². The third-order valence-electron chi connectivity index (χ3n) is 9.01. The van der Waals surface area contributed by atoms with Gasteiger partial charge in [0.05, 0.1) is 40.3 Å². The minimum atomic E-state index is -0.644. The number of rotatable bonds is 7. The predicted octanol–water partition coefficient (Wildman–Crippen LogP) is 3.04. The molecular weight excluding hydrogens is 608 g/mol. The predicted molar refractivity (Wildman–Crippen MR) is 174 cm³/mol. The Morgan fingerprint density at radius 1 is 1.17 bits per heavy atom. The Kier molecular flexibility index (Phi) is 7.15. The first-order chi connectivity index (χ1) is 22.5. The van der Waals surface area contributed by atoms with E-state index in [0.717, 1.165) is 76.1 Å². The summed E-state index contributed by atoms with van der Waals surface area (Å²) in [6, 6.07) is 5.61. The maximum Gasteiger partial charge on any atom is 0.254 e. The smallest absolute Gasteiger partial charge is 0.254 e. The number of benzene rings is 1. The molecule has 2 atom stereocenters. The highest BCUT2D eigenvalue weighted by atomic mass is 32.1. The van der Waals surface area contributed by atoms with Crippen LogP contribution >= 0.6 is 11.3 Å². The fraction of sp³-hybridized carbons (Fsp3) is 0.355. The molecule has 2 aliphatic rings. The molecule has 0 bridgehead atoms. The van der Waals surface area contributed by atoms with Crippen LogP contribution in [0.15, 0.2) is 46.2 Å². The van der Waals surface area contributed by atoms with Crippen LogP contribution < -0.4 is 27.1 Å². The lowest BCUT2D eigenvalue weighted by atomic mass is 9.91. The fourth-order valence-electron chi connectivity index (χ4n) is 6.62. The number of anilines is 2. The van der Waals surface area contributed by atoms with Crippen LogP contribution in [-0.2, 0) is 11.2 Å². The van der Waals surface area contributed by atoms with Crippen molar-refractivity contribution in [3.05, 3.63) is 64.0 Å². The molecule has 236 valence electrons. The number of aromatic nitrogens is 6. The number of morpholine rings is 1. The van der Waals surface area contributed by atoms with E-state index in [4.69, 9.17) is 25.6 Å². The Bertz CT molecular complexity index is 2160. The molecule has 46 heavy (non-hydrogen) atoms. The van der Waals surface area contributed by atoms with Gasteiger partial charge in [0.25, 0.3) is 5.91 Å². The van der Waals surface area contributed by atoms with Crippen molar-refractivity contribution in [1.82, 2.24) is 29.8 Å². The highest BCUT2D eigenvalue weighted by molar-refractivity contribution is 7.22. The second-order valence-corrected chi connectivity index (χ2v) is 12.8. The van der Waals surface area contributed by atoms with Crippen LogP contribution in [0.4, 0.5) is 10.9 Å². The SMILES string of the molecule is NC(=O)c1c(Cc2ccc(-c3coc4c(=O)cc(N5CCOCC5)sc34)c3cn[nH]c23)nc(N[C@H]2CCCC[C@H]2N)n2cnnc12. The first-order valence-electron chi connectivity index (χ1n) is 15.3. The number of nitrogens with zero attached hydrogens (tertiary/aromatic N) is 6. The minimum Gasteiger partial charge on any atom is -0.459 e. The van der Waals surface area contributed by atoms with Gasteiger partial charge >= 0.3 is 0 Å². The average molecular weight is 641 g/mol. The van der Waals surface area contributed by atoms with E-state index in [0.29, 0.717) is 36.1 Å². The van der Waals surface area contributed by atoms with Crippen LogP contribution in [-0.4, -0.2) is 74.1 Å². The summed E-state index contributed by atoms with van der Waals surface area (Å²) in [4.78, 5) is 32.9. The Morgan fingerprint density at radius 2 is 2.02 bits per heavy atom. The molecule has 6 N–H and O–H groups in total. The molecule has 1 aliphatic carbocycles. The van der Waals surface area contributed by atoms with Crippen molar-refractivity contribution in [2.75, 3.05) is 36.5 Å². The molecular formula is C31H32N10O4S. The number of nitrogens with one attached hydrogen (secondary N) is 2. The molecule has 5 aromatic heterocycles. The zero-order valence-electron chi connectivity index (χ0n) is 24.9. The van der Waals surface area contributed by atoms with Crippen LogP contribution in [0.2, 0.25) is 0 Å². The number of carbonyl (C=O) groups is 1. The maximum atomic E-state index is 13.1. The van der Waals surface area contributed by atoms with Gasteiger partial charge in [-0.3, -0.25) is 19.1 Å². The van der Waals surface area contributed by atoms with Crippen LogP contribution in [0.25, 0.3) is 38.0 Å². The van der Waals surface area contributed by atoms with E-state index in [1.165, 1.54) is 17.7 Å².